The Morgan fingerprint density at radius 1 is 1.16 bits per heavy atom. The minimum absolute atomic E-state index is 0.314. The third-order valence-electron chi connectivity index (χ3n) is 4.18. The summed E-state index contributed by atoms with van der Waals surface area (Å²) in [4.78, 5) is 4.61. The first-order valence-corrected chi connectivity index (χ1v) is 9.22. The van der Waals surface area contributed by atoms with Gasteiger partial charge >= 0.3 is 0 Å². The molecule has 1 N–H and O–H groups in total. The molecule has 1 aliphatic rings. The Morgan fingerprint density at radius 3 is 2.76 bits per heavy atom. The van der Waals surface area contributed by atoms with Gasteiger partial charge in [-0.15, -0.1) is 0 Å². The molecule has 1 atom stereocenters. The Bertz CT molecular complexity index is 1030. The molecule has 0 bridgehead atoms. The van der Waals surface area contributed by atoms with Crippen LogP contribution in [0.4, 0.5) is 0 Å². The van der Waals surface area contributed by atoms with E-state index < -0.39 is 16.1 Å². The van der Waals surface area contributed by atoms with Crippen molar-refractivity contribution in [3.8, 4) is 11.4 Å². The summed E-state index contributed by atoms with van der Waals surface area (Å²) in [6.07, 6.45) is 1.92. The van der Waals surface area contributed by atoms with Crippen LogP contribution < -0.4 is 9.46 Å². The van der Waals surface area contributed by atoms with E-state index in [1.54, 1.807) is 23.9 Å². The molecule has 25 heavy (non-hydrogen) atoms. The van der Waals surface area contributed by atoms with Gasteiger partial charge in [0, 0.05) is 0 Å². The van der Waals surface area contributed by atoms with Crippen molar-refractivity contribution in [2.24, 2.45) is 0 Å². The molecular formula is C17H16N4O3S. The van der Waals surface area contributed by atoms with E-state index in [1.807, 2.05) is 36.4 Å². The second-order valence-corrected chi connectivity index (χ2v) is 7.37. The van der Waals surface area contributed by atoms with Gasteiger partial charge in [0.2, 0.25) is 10.0 Å². The van der Waals surface area contributed by atoms with Crippen molar-refractivity contribution < 1.29 is 13.2 Å². The molecule has 0 radical (unpaired) electrons. The highest BCUT2D eigenvalue weighted by Crippen LogP contribution is 2.31. The van der Waals surface area contributed by atoms with E-state index in [0.29, 0.717) is 28.6 Å². The van der Waals surface area contributed by atoms with Crippen LogP contribution in [0.15, 0.2) is 59.8 Å². The number of nitrogens with zero attached hydrogens (tertiary/aromatic N) is 3. The maximum atomic E-state index is 12.6. The molecular weight excluding hydrogens is 340 g/mol. The number of fused-ring (bicyclic) bond motifs is 1. The summed E-state index contributed by atoms with van der Waals surface area (Å²) in [7, 11) is -2.02. The first kappa shape index (κ1) is 15.8. The maximum Gasteiger partial charge on any atom is 0.241 e. The molecule has 2 heterocycles. The maximum absolute atomic E-state index is 12.6. The van der Waals surface area contributed by atoms with Gasteiger partial charge in [0.25, 0.3) is 0 Å². The van der Waals surface area contributed by atoms with Gasteiger partial charge in [-0.3, -0.25) is 0 Å². The molecule has 0 unspecified atom stereocenters. The highest BCUT2D eigenvalue weighted by atomic mass is 32.2. The second kappa shape index (κ2) is 5.98. The number of rotatable bonds is 3. The highest BCUT2D eigenvalue weighted by Gasteiger charge is 2.33. The molecule has 4 rings (SSSR count). The first-order valence-electron chi connectivity index (χ1n) is 7.74. The van der Waals surface area contributed by atoms with Crippen LogP contribution in [0.3, 0.4) is 0 Å². The molecule has 128 valence electrons. The van der Waals surface area contributed by atoms with E-state index in [9.17, 15) is 8.42 Å². The summed E-state index contributed by atoms with van der Waals surface area (Å²) in [5.74, 6) is 1.15. The van der Waals surface area contributed by atoms with Crippen LogP contribution in [0.25, 0.3) is 5.69 Å². The number of aromatic nitrogens is 3. The smallest absolute Gasteiger partial charge is 0.241 e. The highest BCUT2D eigenvalue weighted by molar-refractivity contribution is 7.89. The zero-order valence-electron chi connectivity index (χ0n) is 13.5. The van der Waals surface area contributed by atoms with Gasteiger partial charge in [0.05, 0.1) is 18.0 Å². The lowest BCUT2D eigenvalue weighted by atomic mass is 10.1. The Kier molecular flexibility index (Phi) is 3.78. The normalized spacial score (nSPS) is 18.5. The summed E-state index contributed by atoms with van der Waals surface area (Å²) in [5.41, 5.74) is 1.47. The van der Waals surface area contributed by atoms with Crippen molar-refractivity contribution in [2.45, 2.75) is 17.4 Å². The van der Waals surface area contributed by atoms with Crippen LogP contribution in [-0.2, 0) is 16.4 Å². The quantitative estimate of drug-likeness (QED) is 0.774. The van der Waals surface area contributed by atoms with Crippen LogP contribution in [0.5, 0.6) is 5.75 Å². The van der Waals surface area contributed by atoms with E-state index in [2.05, 4.69) is 14.8 Å². The van der Waals surface area contributed by atoms with E-state index in [-0.39, 0.29) is 0 Å². The molecule has 0 saturated heterocycles. The average molecular weight is 356 g/mol. The lowest BCUT2D eigenvalue weighted by Crippen LogP contribution is -2.36. The third kappa shape index (κ3) is 2.69. The second-order valence-electron chi connectivity index (χ2n) is 5.69. The number of benzene rings is 2. The van der Waals surface area contributed by atoms with Gasteiger partial charge in [-0.05, 0) is 30.2 Å². The summed E-state index contributed by atoms with van der Waals surface area (Å²) in [6, 6.07) is 13.9. The van der Waals surface area contributed by atoms with Gasteiger partial charge in [0.15, 0.2) is 5.82 Å². The first-order chi connectivity index (χ1) is 12.1. The van der Waals surface area contributed by atoms with Crippen LogP contribution in [0, 0.1) is 0 Å². The lowest BCUT2D eigenvalue weighted by Gasteiger charge is -2.25. The number of nitrogens with one attached hydrogen (secondary N) is 1. The number of hydrogen-bond acceptors (Lipinski definition) is 5. The third-order valence-corrected chi connectivity index (χ3v) is 5.75. The van der Waals surface area contributed by atoms with E-state index >= 15 is 0 Å². The van der Waals surface area contributed by atoms with Crippen molar-refractivity contribution in [1.82, 2.24) is 19.5 Å². The number of ether oxygens (including phenoxy) is 1. The summed E-state index contributed by atoms with van der Waals surface area (Å²) < 4.78 is 34.8. The molecule has 0 aliphatic carbocycles. The van der Waals surface area contributed by atoms with E-state index in [1.165, 1.54) is 6.33 Å². The van der Waals surface area contributed by atoms with Gasteiger partial charge in [-0.1, -0.05) is 30.3 Å². The Morgan fingerprint density at radius 2 is 1.92 bits per heavy atom. The summed E-state index contributed by atoms with van der Waals surface area (Å²) in [5, 5.41) is 4.26. The molecule has 7 nitrogen and oxygen atoms in total. The Balaban J connectivity index is 1.80. The molecule has 0 saturated carbocycles. The Hall–Kier alpha value is -2.71. The van der Waals surface area contributed by atoms with Crippen LogP contribution in [0.2, 0.25) is 0 Å². The summed E-state index contributed by atoms with van der Waals surface area (Å²) >= 11 is 0. The fourth-order valence-electron chi connectivity index (χ4n) is 3.07. The zero-order valence-corrected chi connectivity index (χ0v) is 14.3. The van der Waals surface area contributed by atoms with Crippen LogP contribution >= 0.6 is 0 Å². The van der Waals surface area contributed by atoms with Crippen LogP contribution in [-0.4, -0.2) is 30.3 Å². The molecule has 8 heteroatoms. The van der Waals surface area contributed by atoms with Gasteiger partial charge in [-0.25, -0.2) is 22.8 Å². The average Bonchev–Trinajstić information content (AvgIpc) is 3.10. The molecule has 1 aliphatic heterocycles. The van der Waals surface area contributed by atoms with Crippen molar-refractivity contribution in [3.63, 3.8) is 0 Å². The monoisotopic (exact) mass is 356 g/mol. The zero-order chi connectivity index (χ0) is 17.4. The fraction of sp³-hybridized carbons (Fsp3) is 0.176. The van der Waals surface area contributed by atoms with Crippen molar-refractivity contribution >= 4 is 10.0 Å². The molecule has 3 aromatic rings. The number of methoxy groups -OCH3 is 1. The predicted molar refractivity (Wildman–Crippen MR) is 91.1 cm³/mol. The van der Waals surface area contributed by atoms with Crippen molar-refractivity contribution in [2.75, 3.05) is 7.11 Å². The summed E-state index contributed by atoms with van der Waals surface area (Å²) in [6.45, 7) is 0. The lowest BCUT2D eigenvalue weighted by molar-refractivity contribution is 0.410. The standard InChI is InChI=1S/C17H16N4O3S/c1-24-15-8-4-3-7-14(15)21-17(18-11-19-21)13-10-12-6-2-5-9-16(12)25(22,23)20-13/h2-9,11,13,20H,10H2,1H3/t13-/m1/s1. The van der Waals surface area contributed by atoms with Gasteiger partial charge in [0.1, 0.15) is 17.8 Å². The fourth-order valence-corrected chi connectivity index (χ4v) is 4.51. The Labute approximate surface area is 145 Å². The van der Waals surface area contributed by atoms with Crippen LogP contribution in [0.1, 0.15) is 17.4 Å². The van der Waals surface area contributed by atoms with Crippen molar-refractivity contribution in [1.29, 1.82) is 0 Å². The molecule has 1 aromatic heterocycles. The van der Waals surface area contributed by atoms with E-state index in [4.69, 9.17) is 4.74 Å². The topological polar surface area (TPSA) is 86.1 Å². The minimum atomic E-state index is -3.59. The van der Waals surface area contributed by atoms with Gasteiger partial charge < -0.3 is 4.74 Å². The van der Waals surface area contributed by atoms with Gasteiger partial charge in [-0.2, -0.15) is 5.10 Å². The van der Waals surface area contributed by atoms with E-state index in [0.717, 1.165) is 5.56 Å². The predicted octanol–water partition coefficient (Wildman–Crippen LogP) is 1.85. The molecule has 0 amide bonds. The molecule has 0 fully saturated rings. The largest absolute Gasteiger partial charge is 0.494 e. The number of sulfonamides is 1. The number of para-hydroxylation sites is 2. The SMILES string of the molecule is COc1ccccc1-n1ncnc1[C@H]1Cc2ccccc2S(=O)(=O)N1. The molecule has 0 spiro atoms. The number of hydrogen-bond donors (Lipinski definition) is 1. The minimum Gasteiger partial charge on any atom is -0.494 e. The van der Waals surface area contributed by atoms with Crippen molar-refractivity contribution in [3.05, 3.63) is 66.2 Å². The molecule has 2 aromatic carbocycles.